The van der Waals surface area contributed by atoms with Gasteiger partial charge in [-0.1, -0.05) is 22.9 Å². The maximum Gasteiger partial charge on any atom is 0.128 e. The van der Waals surface area contributed by atoms with Crippen molar-refractivity contribution in [3.8, 4) is 0 Å². The molecule has 0 saturated carbocycles. The Morgan fingerprint density at radius 3 is 2.53 bits per heavy atom. The molecule has 1 heterocycles. The molecule has 0 unspecified atom stereocenters. The predicted octanol–water partition coefficient (Wildman–Crippen LogP) is 5.19. The number of benzene rings is 1. The van der Waals surface area contributed by atoms with Crippen LogP contribution in [0.4, 0.5) is 5.69 Å². The van der Waals surface area contributed by atoms with E-state index in [1.807, 2.05) is 24.5 Å². The Labute approximate surface area is 138 Å². The molecule has 6 heteroatoms. The third kappa shape index (κ3) is 3.83. The maximum absolute atomic E-state index is 4.39. The van der Waals surface area contributed by atoms with Crippen molar-refractivity contribution in [3.63, 3.8) is 0 Å². The van der Waals surface area contributed by atoms with Gasteiger partial charge in [0.15, 0.2) is 0 Å². The van der Waals surface area contributed by atoms with Gasteiger partial charge in [-0.3, -0.25) is 0 Å². The molecule has 0 atom stereocenters. The fourth-order valence-corrected chi connectivity index (χ4v) is 4.37. The van der Waals surface area contributed by atoms with Gasteiger partial charge in [-0.25, -0.2) is 4.98 Å². The molecular formula is C13H14Br3N3. The predicted molar refractivity (Wildman–Crippen MR) is 89.4 cm³/mol. The van der Waals surface area contributed by atoms with E-state index in [4.69, 9.17) is 0 Å². The zero-order chi connectivity index (χ0) is 13.8. The summed E-state index contributed by atoms with van der Waals surface area (Å²) in [4.78, 5) is 4.39. The van der Waals surface area contributed by atoms with E-state index in [0.29, 0.717) is 6.54 Å². The van der Waals surface area contributed by atoms with Crippen LogP contribution in [0.15, 0.2) is 37.9 Å². The number of nitrogens with one attached hydrogen (secondary N) is 1. The van der Waals surface area contributed by atoms with Gasteiger partial charge >= 0.3 is 0 Å². The highest BCUT2D eigenvalue weighted by Gasteiger charge is 2.08. The lowest BCUT2D eigenvalue weighted by atomic mass is 10.3. The van der Waals surface area contributed by atoms with E-state index in [2.05, 4.69) is 69.6 Å². The van der Waals surface area contributed by atoms with Crippen molar-refractivity contribution in [2.24, 2.45) is 0 Å². The van der Waals surface area contributed by atoms with Crippen LogP contribution in [0.1, 0.15) is 19.2 Å². The molecule has 1 N–H and O–H groups in total. The summed E-state index contributed by atoms with van der Waals surface area (Å²) >= 11 is 10.6. The van der Waals surface area contributed by atoms with Crippen molar-refractivity contribution < 1.29 is 0 Å². The highest BCUT2D eigenvalue weighted by molar-refractivity contribution is 9.11. The first-order chi connectivity index (χ1) is 9.11. The number of imidazole rings is 1. The molecular weight excluding hydrogens is 438 g/mol. The van der Waals surface area contributed by atoms with Gasteiger partial charge in [-0.15, -0.1) is 0 Å². The second-order valence-corrected chi connectivity index (χ2v) is 6.76. The van der Waals surface area contributed by atoms with E-state index >= 15 is 0 Å². The lowest BCUT2D eigenvalue weighted by Crippen LogP contribution is -2.09. The molecule has 0 amide bonds. The fourth-order valence-electron chi connectivity index (χ4n) is 1.83. The van der Waals surface area contributed by atoms with Gasteiger partial charge < -0.3 is 9.88 Å². The Kier molecular flexibility index (Phi) is 5.47. The van der Waals surface area contributed by atoms with E-state index in [9.17, 15) is 0 Å². The van der Waals surface area contributed by atoms with Crippen LogP contribution in [0.2, 0.25) is 0 Å². The van der Waals surface area contributed by atoms with Gasteiger partial charge in [0, 0.05) is 32.4 Å². The second-order valence-electron chi connectivity index (χ2n) is 4.13. The molecule has 2 rings (SSSR count). The van der Waals surface area contributed by atoms with E-state index in [0.717, 1.165) is 37.9 Å². The van der Waals surface area contributed by atoms with Crippen LogP contribution in [-0.2, 0) is 13.1 Å². The lowest BCUT2D eigenvalue weighted by molar-refractivity contribution is 0.644. The first-order valence-electron chi connectivity index (χ1n) is 6.00. The molecule has 102 valence electrons. The van der Waals surface area contributed by atoms with Gasteiger partial charge in [-0.05, 0) is 50.4 Å². The Balaban J connectivity index is 2.12. The zero-order valence-electron chi connectivity index (χ0n) is 10.5. The summed E-state index contributed by atoms with van der Waals surface area (Å²) in [6.45, 7) is 3.87. The number of hydrogen-bond donors (Lipinski definition) is 1. The summed E-state index contributed by atoms with van der Waals surface area (Å²) in [6.07, 6.45) is 4.97. The number of aryl methyl sites for hydroxylation is 1. The fraction of sp³-hybridized carbons (Fsp3) is 0.308. The molecule has 0 fully saturated rings. The molecule has 3 nitrogen and oxygen atoms in total. The molecule has 0 aliphatic rings. The molecule has 2 aromatic rings. The molecule has 0 bridgehead atoms. The molecule has 19 heavy (non-hydrogen) atoms. The van der Waals surface area contributed by atoms with Crippen LogP contribution in [0.5, 0.6) is 0 Å². The van der Waals surface area contributed by atoms with Crippen molar-refractivity contribution in [1.29, 1.82) is 0 Å². The third-order valence-electron chi connectivity index (χ3n) is 2.70. The lowest BCUT2D eigenvalue weighted by Gasteiger charge is -2.12. The molecule has 0 aliphatic heterocycles. The van der Waals surface area contributed by atoms with Gasteiger partial charge in [0.2, 0.25) is 0 Å². The molecule has 0 aliphatic carbocycles. The standard InChI is InChI=1S/C13H14Br3N3/c1-2-4-19-5-3-17-12(19)8-18-13-10(15)6-9(14)7-11(13)16/h3,5-7,18H,2,4,8H2,1H3. The minimum atomic E-state index is 0.700. The van der Waals surface area contributed by atoms with Crippen LogP contribution in [0.25, 0.3) is 0 Å². The summed E-state index contributed by atoms with van der Waals surface area (Å²) in [5, 5.41) is 3.41. The van der Waals surface area contributed by atoms with E-state index in [1.54, 1.807) is 0 Å². The quantitative estimate of drug-likeness (QED) is 0.677. The zero-order valence-corrected chi connectivity index (χ0v) is 15.2. The average molecular weight is 452 g/mol. The Morgan fingerprint density at radius 1 is 1.21 bits per heavy atom. The van der Waals surface area contributed by atoms with Crippen molar-refractivity contribution in [2.75, 3.05) is 5.32 Å². The topological polar surface area (TPSA) is 29.9 Å². The van der Waals surface area contributed by atoms with Crippen molar-refractivity contribution in [1.82, 2.24) is 9.55 Å². The number of hydrogen-bond acceptors (Lipinski definition) is 2. The van der Waals surface area contributed by atoms with Gasteiger partial charge in [-0.2, -0.15) is 0 Å². The number of aromatic nitrogens is 2. The minimum Gasteiger partial charge on any atom is -0.376 e. The maximum atomic E-state index is 4.39. The number of halogens is 3. The first-order valence-corrected chi connectivity index (χ1v) is 8.38. The SMILES string of the molecule is CCCn1ccnc1CNc1c(Br)cc(Br)cc1Br. The molecule has 1 aromatic heterocycles. The Hall–Kier alpha value is -0.330. The molecule has 1 aromatic carbocycles. The van der Waals surface area contributed by atoms with Crippen molar-refractivity contribution in [2.45, 2.75) is 26.4 Å². The van der Waals surface area contributed by atoms with E-state index in [-0.39, 0.29) is 0 Å². The van der Waals surface area contributed by atoms with Gasteiger partial charge in [0.05, 0.1) is 12.2 Å². The Bertz CT molecular complexity index is 543. The third-order valence-corrected chi connectivity index (χ3v) is 4.41. The summed E-state index contributed by atoms with van der Waals surface area (Å²) in [6, 6.07) is 4.04. The summed E-state index contributed by atoms with van der Waals surface area (Å²) in [7, 11) is 0. The average Bonchev–Trinajstić information content (AvgIpc) is 2.76. The second kappa shape index (κ2) is 6.90. The van der Waals surface area contributed by atoms with E-state index < -0.39 is 0 Å². The van der Waals surface area contributed by atoms with Gasteiger partial charge in [0.25, 0.3) is 0 Å². The van der Waals surface area contributed by atoms with Crippen LogP contribution in [-0.4, -0.2) is 9.55 Å². The van der Waals surface area contributed by atoms with E-state index in [1.165, 1.54) is 0 Å². The number of anilines is 1. The van der Waals surface area contributed by atoms with Crippen molar-refractivity contribution >= 4 is 53.5 Å². The van der Waals surface area contributed by atoms with Crippen LogP contribution in [0.3, 0.4) is 0 Å². The molecule has 0 saturated heterocycles. The van der Waals surface area contributed by atoms with Crippen molar-refractivity contribution in [3.05, 3.63) is 43.8 Å². The minimum absolute atomic E-state index is 0.700. The highest BCUT2D eigenvalue weighted by Crippen LogP contribution is 2.34. The number of rotatable bonds is 5. The normalized spacial score (nSPS) is 10.7. The molecule has 0 spiro atoms. The summed E-state index contributed by atoms with van der Waals surface area (Å²) in [5.41, 5.74) is 1.04. The van der Waals surface area contributed by atoms with Gasteiger partial charge in [0.1, 0.15) is 5.82 Å². The largest absolute Gasteiger partial charge is 0.376 e. The first kappa shape index (κ1) is 15.1. The smallest absolute Gasteiger partial charge is 0.128 e. The van der Waals surface area contributed by atoms with Crippen LogP contribution in [0, 0.1) is 0 Å². The van der Waals surface area contributed by atoms with Crippen LogP contribution >= 0.6 is 47.8 Å². The highest BCUT2D eigenvalue weighted by atomic mass is 79.9. The number of nitrogens with zero attached hydrogens (tertiary/aromatic N) is 2. The molecule has 0 radical (unpaired) electrons. The monoisotopic (exact) mass is 449 g/mol. The van der Waals surface area contributed by atoms with Crippen LogP contribution < -0.4 is 5.32 Å². The summed E-state index contributed by atoms with van der Waals surface area (Å²) < 4.78 is 5.24. The summed E-state index contributed by atoms with van der Waals surface area (Å²) in [5.74, 6) is 1.04. The Morgan fingerprint density at radius 2 is 1.89 bits per heavy atom.